The molecular weight excluding hydrogens is 329 g/mol. The van der Waals surface area contributed by atoms with Crippen molar-refractivity contribution in [3.63, 3.8) is 0 Å². The van der Waals surface area contributed by atoms with Gasteiger partial charge in [0.1, 0.15) is 0 Å². The topological polar surface area (TPSA) is 43.4 Å². The second-order valence-corrected chi connectivity index (χ2v) is 6.69. The normalized spacial score (nSPS) is 17.8. The number of ether oxygens (including phenoxy) is 1. The van der Waals surface area contributed by atoms with Gasteiger partial charge in [-0.1, -0.05) is 19.1 Å². The van der Waals surface area contributed by atoms with Crippen LogP contribution >= 0.6 is 12.2 Å². The van der Waals surface area contributed by atoms with Crippen molar-refractivity contribution in [2.24, 2.45) is 5.92 Å². The van der Waals surface area contributed by atoms with E-state index in [1.54, 1.807) is 29.8 Å². The van der Waals surface area contributed by atoms with Crippen LogP contribution in [0.4, 0.5) is 4.39 Å². The number of nitrogens with zero attached hydrogens (tertiary/aromatic N) is 3. The lowest BCUT2D eigenvalue weighted by atomic mass is 10.00. The zero-order valence-electron chi connectivity index (χ0n) is 13.9. The average Bonchev–Trinajstić information content (AvgIpc) is 2.93. The first-order valence-electron chi connectivity index (χ1n) is 8.24. The van der Waals surface area contributed by atoms with E-state index in [1.165, 1.54) is 18.9 Å². The van der Waals surface area contributed by atoms with Crippen LogP contribution in [0.5, 0.6) is 5.75 Å². The van der Waals surface area contributed by atoms with Gasteiger partial charge in [-0.15, -0.1) is 5.10 Å². The number of para-hydroxylation sites is 1. The first kappa shape index (κ1) is 17.1. The number of hydrogen-bond acceptors (Lipinski definition) is 5. The Labute approximate surface area is 146 Å². The van der Waals surface area contributed by atoms with Gasteiger partial charge in [-0.2, -0.15) is 0 Å². The molecule has 130 valence electrons. The van der Waals surface area contributed by atoms with Crippen molar-refractivity contribution in [3.8, 4) is 5.75 Å². The summed E-state index contributed by atoms with van der Waals surface area (Å²) >= 11 is 5.25. The van der Waals surface area contributed by atoms with Gasteiger partial charge in [0.05, 0.1) is 6.67 Å². The van der Waals surface area contributed by atoms with Crippen LogP contribution in [0, 0.1) is 16.6 Å². The number of aromatic nitrogens is 2. The van der Waals surface area contributed by atoms with Crippen LogP contribution in [0.25, 0.3) is 0 Å². The summed E-state index contributed by atoms with van der Waals surface area (Å²) in [5.74, 6) is 0.889. The average molecular weight is 351 g/mol. The summed E-state index contributed by atoms with van der Waals surface area (Å²) in [5.41, 5.74) is 0. The quantitative estimate of drug-likeness (QED) is 0.756. The first-order valence-corrected chi connectivity index (χ1v) is 8.65. The molecule has 3 rings (SSSR count). The molecule has 2 heterocycles. The molecule has 0 aliphatic carbocycles. The molecule has 24 heavy (non-hydrogen) atoms. The van der Waals surface area contributed by atoms with Gasteiger partial charge in [0.15, 0.2) is 17.7 Å². The van der Waals surface area contributed by atoms with Gasteiger partial charge in [-0.05, 0) is 50.0 Å². The SMILES string of the molecule is CC1CCN(Cn2nc([C@H](C)Oc3ccccc3F)oc2=S)CC1. The van der Waals surface area contributed by atoms with E-state index in [0.717, 1.165) is 19.0 Å². The Kier molecular flexibility index (Phi) is 5.30. The molecule has 1 saturated heterocycles. The minimum atomic E-state index is -0.522. The molecule has 1 fully saturated rings. The van der Waals surface area contributed by atoms with Crippen molar-refractivity contribution >= 4 is 12.2 Å². The Balaban J connectivity index is 1.67. The fourth-order valence-corrected chi connectivity index (χ4v) is 2.93. The van der Waals surface area contributed by atoms with Gasteiger partial charge in [-0.25, -0.2) is 9.07 Å². The van der Waals surface area contributed by atoms with E-state index < -0.39 is 11.9 Å². The van der Waals surface area contributed by atoms with Crippen LogP contribution in [0.1, 0.15) is 38.7 Å². The summed E-state index contributed by atoms with van der Waals surface area (Å²) in [4.78, 5) is 2.62. The minimum absolute atomic E-state index is 0.172. The summed E-state index contributed by atoms with van der Waals surface area (Å²) in [6.07, 6.45) is 1.85. The molecule has 5 nitrogen and oxygen atoms in total. The predicted octanol–water partition coefficient (Wildman–Crippen LogP) is 4.17. The lowest BCUT2D eigenvalue weighted by Crippen LogP contribution is -2.34. The van der Waals surface area contributed by atoms with Crippen LogP contribution in [0.3, 0.4) is 0 Å². The van der Waals surface area contributed by atoms with E-state index in [9.17, 15) is 4.39 Å². The molecule has 7 heteroatoms. The maximum Gasteiger partial charge on any atom is 0.288 e. The molecule has 1 aromatic heterocycles. The molecule has 0 N–H and O–H groups in total. The molecule has 1 atom stereocenters. The zero-order valence-corrected chi connectivity index (χ0v) is 14.8. The molecule has 0 unspecified atom stereocenters. The van der Waals surface area contributed by atoms with Crippen molar-refractivity contribution in [2.45, 2.75) is 39.5 Å². The number of rotatable bonds is 5. The second kappa shape index (κ2) is 7.44. The molecule has 1 aromatic carbocycles. The van der Waals surface area contributed by atoms with Crippen LogP contribution < -0.4 is 4.74 Å². The van der Waals surface area contributed by atoms with Gasteiger partial charge >= 0.3 is 0 Å². The number of benzene rings is 1. The number of likely N-dealkylation sites (tertiary alicyclic amines) is 1. The van der Waals surface area contributed by atoms with Crippen LogP contribution in [0.15, 0.2) is 28.7 Å². The lowest BCUT2D eigenvalue weighted by molar-refractivity contribution is 0.144. The highest BCUT2D eigenvalue weighted by Crippen LogP contribution is 2.24. The van der Waals surface area contributed by atoms with Crippen molar-refractivity contribution in [1.29, 1.82) is 0 Å². The summed E-state index contributed by atoms with van der Waals surface area (Å²) in [7, 11) is 0. The van der Waals surface area contributed by atoms with Gasteiger partial charge in [0.2, 0.25) is 0 Å². The molecule has 2 aromatic rings. The van der Waals surface area contributed by atoms with Crippen LogP contribution in [-0.4, -0.2) is 27.8 Å². The first-order chi connectivity index (χ1) is 11.5. The highest BCUT2D eigenvalue weighted by atomic mass is 32.1. The fourth-order valence-electron chi connectivity index (χ4n) is 2.75. The third kappa shape index (κ3) is 4.02. The highest BCUT2D eigenvalue weighted by Gasteiger charge is 2.20. The maximum atomic E-state index is 13.7. The van der Waals surface area contributed by atoms with Crippen molar-refractivity contribution in [1.82, 2.24) is 14.7 Å². The van der Waals surface area contributed by atoms with Gasteiger partial charge in [0.25, 0.3) is 10.7 Å². The summed E-state index contributed by atoms with van der Waals surface area (Å²) in [5, 5.41) is 4.41. The smallest absolute Gasteiger partial charge is 0.288 e. The van der Waals surface area contributed by atoms with E-state index in [1.807, 2.05) is 0 Å². The second-order valence-electron chi connectivity index (χ2n) is 6.34. The standard InChI is InChI=1S/C17H22FN3O2S/c1-12-7-9-20(10-8-12)11-21-17(24)23-16(19-21)13(2)22-15-6-4-3-5-14(15)18/h3-6,12-13H,7-11H2,1-2H3/t13-/m0/s1. The van der Waals surface area contributed by atoms with Crippen molar-refractivity contribution < 1.29 is 13.5 Å². The van der Waals surface area contributed by atoms with Gasteiger partial charge < -0.3 is 9.15 Å². The molecule has 0 bridgehead atoms. The Hall–Kier alpha value is -1.73. The Morgan fingerprint density at radius 1 is 1.38 bits per heavy atom. The largest absolute Gasteiger partial charge is 0.478 e. The highest BCUT2D eigenvalue weighted by molar-refractivity contribution is 7.71. The Morgan fingerprint density at radius 2 is 2.08 bits per heavy atom. The summed E-state index contributed by atoms with van der Waals surface area (Å²) < 4.78 is 26.5. The number of hydrogen-bond donors (Lipinski definition) is 0. The molecule has 1 aliphatic heterocycles. The van der Waals surface area contributed by atoms with E-state index >= 15 is 0 Å². The summed E-state index contributed by atoms with van der Waals surface area (Å²) in [6.45, 7) is 6.72. The monoisotopic (exact) mass is 351 g/mol. The van der Waals surface area contributed by atoms with Gasteiger partial charge in [-0.3, -0.25) is 4.90 Å². The fraction of sp³-hybridized carbons (Fsp3) is 0.529. The lowest BCUT2D eigenvalue weighted by Gasteiger charge is -2.29. The molecular formula is C17H22FN3O2S. The molecule has 1 aliphatic rings. The Bertz CT molecular complexity index is 737. The Morgan fingerprint density at radius 3 is 2.79 bits per heavy atom. The van der Waals surface area contributed by atoms with Crippen molar-refractivity contribution in [2.75, 3.05) is 13.1 Å². The zero-order chi connectivity index (χ0) is 17.1. The molecule has 0 amide bonds. The van der Waals surface area contributed by atoms with Gasteiger partial charge in [0, 0.05) is 13.1 Å². The van der Waals surface area contributed by atoms with Crippen LogP contribution in [0.2, 0.25) is 0 Å². The summed E-state index contributed by atoms with van der Waals surface area (Å²) in [6, 6.07) is 6.27. The van der Waals surface area contributed by atoms with E-state index in [-0.39, 0.29) is 5.75 Å². The van der Waals surface area contributed by atoms with Crippen molar-refractivity contribution in [3.05, 3.63) is 40.8 Å². The van der Waals surface area contributed by atoms with Crippen LogP contribution in [-0.2, 0) is 6.67 Å². The van der Waals surface area contributed by atoms with E-state index in [2.05, 4.69) is 16.9 Å². The number of halogens is 1. The third-order valence-electron chi connectivity index (χ3n) is 4.32. The molecule has 0 radical (unpaired) electrons. The molecule has 0 spiro atoms. The molecule has 0 saturated carbocycles. The predicted molar refractivity (Wildman–Crippen MR) is 90.7 cm³/mol. The number of piperidine rings is 1. The van der Waals surface area contributed by atoms with E-state index in [4.69, 9.17) is 21.4 Å². The third-order valence-corrected chi connectivity index (χ3v) is 4.61. The minimum Gasteiger partial charge on any atom is -0.478 e. The van der Waals surface area contributed by atoms with E-state index in [0.29, 0.717) is 17.4 Å². The maximum absolute atomic E-state index is 13.7.